The first kappa shape index (κ1) is 19.0. The van der Waals surface area contributed by atoms with Gasteiger partial charge in [0.1, 0.15) is 0 Å². The SMILES string of the molecule is c1ccc2c(c1)c1ccccc1p2CC1CCC1Cp1c2ccccc2c2ccccc21. The van der Waals surface area contributed by atoms with Gasteiger partial charge in [0.25, 0.3) is 0 Å². The molecule has 0 saturated heterocycles. The molecule has 32 heavy (non-hydrogen) atoms. The molecule has 2 unspecified atom stereocenters. The zero-order chi connectivity index (χ0) is 21.1. The van der Waals surface area contributed by atoms with E-state index in [1.165, 1.54) is 46.7 Å². The Morgan fingerprint density at radius 3 is 1.00 bits per heavy atom. The molecule has 4 aromatic carbocycles. The van der Waals surface area contributed by atoms with Crippen LogP contribution in [0, 0.1) is 11.8 Å². The summed E-state index contributed by atoms with van der Waals surface area (Å²) in [6, 6.07) is 36.8. The molecule has 7 rings (SSSR count). The molecule has 156 valence electrons. The second kappa shape index (κ2) is 7.52. The molecule has 0 amide bonds. The maximum absolute atomic E-state index is 2.41. The molecule has 0 N–H and O–H groups in total. The van der Waals surface area contributed by atoms with E-state index in [0.29, 0.717) is 0 Å². The maximum Gasteiger partial charge on any atom is 0.00239 e. The number of benzene rings is 4. The molecule has 2 heterocycles. The largest absolute Gasteiger partial charge is 0.108 e. The fraction of sp³-hybridized carbons (Fsp3) is 0.200. The first-order chi connectivity index (χ1) is 15.9. The Bertz CT molecular complexity index is 1370. The molecule has 1 fully saturated rings. The average Bonchev–Trinajstić information content (AvgIpc) is 3.33. The van der Waals surface area contributed by atoms with E-state index in [-0.39, 0.29) is 15.1 Å². The molecule has 0 nitrogen and oxygen atoms in total. The fourth-order valence-corrected chi connectivity index (χ4v) is 12.2. The highest BCUT2D eigenvalue weighted by Gasteiger charge is 2.33. The van der Waals surface area contributed by atoms with Gasteiger partial charge in [0.2, 0.25) is 0 Å². The van der Waals surface area contributed by atoms with Gasteiger partial charge in [-0.1, -0.05) is 97.1 Å². The summed E-state index contributed by atoms with van der Waals surface area (Å²) in [5.41, 5.74) is 0. The molecule has 1 aliphatic carbocycles. The Labute approximate surface area is 191 Å². The Kier molecular flexibility index (Phi) is 4.46. The van der Waals surface area contributed by atoms with Crippen LogP contribution in [0.4, 0.5) is 0 Å². The minimum Gasteiger partial charge on any atom is -0.108 e. The van der Waals surface area contributed by atoms with Crippen LogP contribution in [0.5, 0.6) is 0 Å². The third-order valence-electron chi connectivity index (χ3n) is 7.77. The van der Waals surface area contributed by atoms with Crippen molar-refractivity contribution < 1.29 is 0 Å². The fourth-order valence-electron chi connectivity index (χ4n) is 5.99. The molecular weight excluding hydrogens is 422 g/mol. The standard InChI is InChI=1S/C30H26P2/c1-5-13-27-23(9-1)24-10-2-6-14-28(24)31(27)19-21-17-18-22(21)20-32-29-15-7-3-11-25(29)26-12-4-8-16-30(26)32/h1-16,21-22H,17-20H2. The van der Waals surface area contributed by atoms with E-state index >= 15 is 0 Å². The van der Waals surface area contributed by atoms with Crippen LogP contribution in [0.3, 0.4) is 0 Å². The van der Waals surface area contributed by atoms with E-state index in [1.807, 2.05) is 0 Å². The van der Waals surface area contributed by atoms with E-state index in [1.54, 1.807) is 20.5 Å². The van der Waals surface area contributed by atoms with Gasteiger partial charge >= 0.3 is 0 Å². The lowest BCUT2D eigenvalue weighted by Gasteiger charge is -2.37. The third kappa shape index (κ3) is 2.83. The molecule has 2 heteroatoms. The Morgan fingerprint density at radius 2 is 0.719 bits per heavy atom. The minimum atomic E-state index is -0.213. The summed E-state index contributed by atoms with van der Waals surface area (Å²) in [6.45, 7) is 0. The minimum absolute atomic E-state index is 0.213. The Hall–Kier alpha value is -2.52. The summed E-state index contributed by atoms with van der Waals surface area (Å²) < 4.78 is 0. The Morgan fingerprint density at radius 1 is 0.438 bits per heavy atom. The molecule has 1 aliphatic rings. The summed E-state index contributed by atoms with van der Waals surface area (Å²) >= 11 is 0. The topological polar surface area (TPSA) is 0 Å². The van der Waals surface area contributed by atoms with Gasteiger partial charge in [0.05, 0.1) is 0 Å². The molecule has 6 aromatic rings. The molecule has 0 spiro atoms. The van der Waals surface area contributed by atoms with Gasteiger partial charge < -0.3 is 0 Å². The third-order valence-corrected chi connectivity index (χ3v) is 13.3. The van der Waals surface area contributed by atoms with Crippen molar-refractivity contribution in [2.75, 3.05) is 0 Å². The summed E-state index contributed by atoms with van der Waals surface area (Å²) in [6.07, 6.45) is 5.58. The second-order valence-corrected chi connectivity index (χ2v) is 13.8. The van der Waals surface area contributed by atoms with E-state index in [0.717, 1.165) is 11.8 Å². The highest BCUT2D eigenvalue weighted by atomic mass is 31.1. The lowest BCUT2D eigenvalue weighted by atomic mass is 9.76. The van der Waals surface area contributed by atoms with Crippen molar-refractivity contribution in [2.24, 2.45) is 11.8 Å². The second-order valence-electron chi connectivity index (χ2n) is 9.39. The number of rotatable bonds is 4. The van der Waals surface area contributed by atoms with Crippen molar-refractivity contribution in [1.29, 1.82) is 0 Å². The monoisotopic (exact) mass is 448 g/mol. The zero-order valence-electron chi connectivity index (χ0n) is 18.1. The average molecular weight is 448 g/mol. The lowest BCUT2D eigenvalue weighted by molar-refractivity contribution is 0.199. The summed E-state index contributed by atoms with van der Waals surface area (Å²) in [7, 11) is -0.427. The molecule has 2 aromatic heterocycles. The van der Waals surface area contributed by atoms with E-state index < -0.39 is 0 Å². The highest BCUT2D eigenvalue weighted by Crippen LogP contribution is 2.58. The smallest absolute Gasteiger partial charge is 0.00239 e. The van der Waals surface area contributed by atoms with Crippen LogP contribution in [0.25, 0.3) is 42.0 Å². The van der Waals surface area contributed by atoms with Gasteiger partial charge in [-0.25, -0.2) is 0 Å². The van der Waals surface area contributed by atoms with Crippen LogP contribution in [0.2, 0.25) is 0 Å². The molecular formula is C30H26P2. The quantitative estimate of drug-likeness (QED) is 0.252. The van der Waals surface area contributed by atoms with E-state index in [2.05, 4.69) is 97.1 Å². The summed E-state index contributed by atoms with van der Waals surface area (Å²) in [5.74, 6) is 1.76. The van der Waals surface area contributed by atoms with E-state index in [9.17, 15) is 0 Å². The van der Waals surface area contributed by atoms with Gasteiger partial charge in [-0.3, -0.25) is 0 Å². The first-order valence-electron chi connectivity index (χ1n) is 11.8. The van der Waals surface area contributed by atoms with Crippen molar-refractivity contribution in [3.63, 3.8) is 0 Å². The first-order valence-corrected chi connectivity index (χ1v) is 14.9. The van der Waals surface area contributed by atoms with E-state index in [4.69, 9.17) is 0 Å². The summed E-state index contributed by atoms with van der Waals surface area (Å²) in [4.78, 5) is 0. The number of fused-ring (bicyclic) bond motifs is 6. The maximum atomic E-state index is 2.41. The van der Waals surface area contributed by atoms with Gasteiger partial charge in [0.15, 0.2) is 0 Å². The van der Waals surface area contributed by atoms with Crippen LogP contribution in [-0.2, 0) is 12.3 Å². The van der Waals surface area contributed by atoms with Crippen LogP contribution in [-0.4, -0.2) is 0 Å². The van der Waals surface area contributed by atoms with Gasteiger partial charge in [0, 0.05) is 20.5 Å². The van der Waals surface area contributed by atoms with Crippen LogP contribution in [0.1, 0.15) is 12.8 Å². The Balaban J connectivity index is 1.27. The number of hydrogen-bond donors (Lipinski definition) is 0. The predicted molar refractivity (Wildman–Crippen MR) is 145 cm³/mol. The number of hydrogen-bond acceptors (Lipinski definition) is 0. The van der Waals surface area contributed by atoms with Crippen molar-refractivity contribution >= 4 is 57.1 Å². The molecule has 0 bridgehead atoms. The molecule has 2 atom stereocenters. The normalized spacial score (nSPS) is 18.6. The molecule has 0 radical (unpaired) electrons. The van der Waals surface area contributed by atoms with Crippen LogP contribution in [0.15, 0.2) is 97.1 Å². The zero-order valence-corrected chi connectivity index (χ0v) is 19.9. The molecule has 1 saturated carbocycles. The van der Waals surface area contributed by atoms with Crippen molar-refractivity contribution in [2.45, 2.75) is 25.2 Å². The van der Waals surface area contributed by atoms with Crippen molar-refractivity contribution in [1.82, 2.24) is 0 Å². The predicted octanol–water partition coefficient (Wildman–Crippen LogP) is 10.00. The van der Waals surface area contributed by atoms with Crippen molar-refractivity contribution in [3.05, 3.63) is 97.1 Å². The van der Waals surface area contributed by atoms with Gasteiger partial charge in [-0.05, 0) is 58.5 Å². The lowest BCUT2D eigenvalue weighted by Crippen LogP contribution is -2.26. The summed E-state index contributed by atoms with van der Waals surface area (Å²) in [5, 5.41) is 12.5. The van der Waals surface area contributed by atoms with Gasteiger partial charge in [-0.15, -0.1) is 15.1 Å². The molecule has 0 aliphatic heterocycles. The highest BCUT2D eigenvalue weighted by molar-refractivity contribution is 7.61. The van der Waals surface area contributed by atoms with Gasteiger partial charge in [-0.2, -0.15) is 0 Å². The van der Waals surface area contributed by atoms with Crippen LogP contribution < -0.4 is 0 Å². The van der Waals surface area contributed by atoms with Crippen molar-refractivity contribution in [3.8, 4) is 0 Å². The van der Waals surface area contributed by atoms with Crippen LogP contribution >= 0.6 is 15.1 Å².